The van der Waals surface area contributed by atoms with Crippen LogP contribution in [0, 0.1) is 17.8 Å². The van der Waals surface area contributed by atoms with E-state index in [1.165, 1.54) is 6.42 Å². The van der Waals surface area contributed by atoms with E-state index in [9.17, 15) is 14.4 Å². The van der Waals surface area contributed by atoms with Gasteiger partial charge in [-0.05, 0) is 67.9 Å². The van der Waals surface area contributed by atoms with Crippen molar-refractivity contribution >= 4 is 17.7 Å². The third-order valence-corrected chi connectivity index (χ3v) is 8.22. The molecular weight excluding hydrogens is 490 g/mol. The number of benzene rings is 2. The largest absolute Gasteiger partial charge is 0.457 e. The van der Waals surface area contributed by atoms with Gasteiger partial charge in [-0.25, -0.2) is 0 Å². The number of amides is 3. The van der Waals surface area contributed by atoms with Crippen LogP contribution in [0.3, 0.4) is 0 Å². The van der Waals surface area contributed by atoms with Gasteiger partial charge >= 0.3 is 0 Å². The van der Waals surface area contributed by atoms with Gasteiger partial charge in [0.15, 0.2) is 0 Å². The van der Waals surface area contributed by atoms with E-state index in [4.69, 9.17) is 10.5 Å². The van der Waals surface area contributed by atoms with E-state index in [2.05, 4.69) is 12.2 Å². The van der Waals surface area contributed by atoms with Crippen LogP contribution in [0.15, 0.2) is 54.6 Å². The number of hydrogen-bond donors (Lipinski definition) is 2. The Morgan fingerprint density at radius 3 is 2.46 bits per heavy atom. The van der Waals surface area contributed by atoms with Crippen molar-refractivity contribution in [2.45, 2.75) is 83.7 Å². The second-order valence-electron chi connectivity index (χ2n) is 11.2. The van der Waals surface area contributed by atoms with Crippen molar-refractivity contribution in [2.24, 2.45) is 23.5 Å². The first-order valence-electron chi connectivity index (χ1n) is 14.6. The maximum atomic E-state index is 13.6. The van der Waals surface area contributed by atoms with Gasteiger partial charge in [0.25, 0.3) is 0 Å². The maximum absolute atomic E-state index is 13.6. The topological polar surface area (TPSA) is 102 Å². The Morgan fingerprint density at radius 1 is 1.00 bits per heavy atom. The van der Waals surface area contributed by atoms with Gasteiger partial charge in [0.1, 0.15) is 17.5 Å². The van der Waals surface area contributed by atoms with Gasteiger partial charge in [0.05, 0.1) is 0 Å². The smallest absolute Gasteiger partial charge is 0.245 e. The number of nitrogens with zero attached hydrogens (tertiary/aromatic N) is 1. The van der Waals surface area contributed by atoms with Crippen LogP contribution in [0.4, 0.5) is 0 Å². The van der Waals surface area contributed by atoms with Gasteiger partial charge in [-0.3, -0.25) is 14.4 Å². The molecule has 2 aromatic rings. The molecule has 1 aliphatic carbocycles. The van der Waals surface area contributed by atoms with Crippen molar-refractivity contribution in [1.29, 1.82) is 0 Å². The molecule has 2 unspecified atom stereocenters. The van der Waals surface area contributed by atoms with Gasteiger partial charge < -0.3 is 20.7 Å². The summed E-state index contributed by atoms with van der Waals surface area (Å²) in [7, 11) is 0. The second-order valence-corrected chi connectivity index (χ2v) is 11.2. The third-order valence-electron chi connectivity index (χ3n) is 8.22. The molecular formula is C32H43N3O4. The lowest BCUT2D eigenvalue weighted by molar-refractivity contribution is -0.139. The minimum Gasteiger partial charge on any atom is -0.457 e. The summed E-state index contributed by atoms with van der Waals surface area (Å²) < 4.78 is 5.98. The summed E-state index contributed by atoms with van der Waals surface area (Å²) >= 11 is 0. The van der Waals surface area contributed by atoms with E-state index in [1.807, 2.05) is 59.5 Å². The fourth-order valence-electron chi connectivity index (χ4n) is 5.73. The molecule has 3 amide bonds. The molecule has 210 valence electrons. The van der Waals surface area contributed by atoms with Crippen LogP contribution in [0.5, 0.6) is 11.5 Å². The predicted molar refractivity (Wildman–Crippen MR) is 152 cm³/mol. The Hall–Kier alpha value is -3.35. The van der Waals surface area contributed by atoms with Gasteiger partial charge in [-0.1, -0.05) is 69.4 Å². The zero-order chi connectivity index (χ0) is 27.6. The highest BCUT2D eigenvalue weighted by molar-refractivity contribution is 5.91. The first kappa shape index (κ1) is 28.7. The molecule has 0 aromatic heterocycles. The highest BCUT2D eigenvalue weighted by Crippen LogP contribution is 2.36. The summed E-state index contributed by atoms with van der Waals surface area (Å²) in [5.41, 5.74) is 6.77. The fraction of sp³-hybridized carbons (Fsp3) is 0.531. The van der Waals surface area contributed by atoms with Gasteiger partial charge in [0.2, 0.25) is 17.7 Å². The number of nitrogens with one attached hydrogen (secondary N) is 1. The molecule has 0 bridgehead atoms. The third kappa shape index (κ3) is 8.07. The number of carbonyl (C=O) groups excluding carboxylic acids is 3. The lowest BCUT2D eigenvalue weighted by atomic mass is 9.73. The molecule has 7 nitrogen and oxygen atoms in total. The van der Waals surface area contributed by atoms with Crippen molar-refractivity contribution in [3.8, 4) is 11.5 Å². The first-order valence-corrected chi connectivity index (χ1v) is 14.6. The van der Waals surface area contributed by atoms with Gasteiger partial charge in [-0.2, -0.15) is 0 Å². The molecule has 4 rings (SSSR count). The van der Waals surface area contributed by atoms with Gasteiger partial charge in [-0.15, -0.1) is 0 Å². The molecule has 0 spiro atoms. The summed E-state index contributed by atoms with van der Waals surface area (Å²) in [5.74, 6) is 0.292. The number of hydrogen-bond acceptors (Lipinski definition) is 4. The normalized spacial score (nSPS) is 19.5. The van der Waals surface area contributed by atoms with Crippen LogP contribution in [0.25, 0.3) is 0 Å². The summed E-state index contributed by atoms with van der Waals surface area (Å²) in [4.78, 5) is 41.5. The summed E-state index contributed by atoms with van der Waals surface area (Å²) in [6, 6.07) is 16.8. The number of primary amides is 1. The zero-order valence-electron chi connectivity index (χ0n) is 23.1. The number of carbonyl (C=O) groups is 3. The summed E-state index contributed by atoms with van der Waals surface area (Å²) in [6.07, 6.45) is 8.76. The molecule has 3 N–H and O–H groups in total. The number of rotatable bonds is 13. The monoisotopic (exact) mass is 533 g/mol. The molecule has 1 aliphatic heterocycles. The number of ether oxygens (including phenoxy) is 1. The standard InChI is InChI=1S/C32H43N3O4/c1-2-3-17-27(30(33)36)28(21-23-11-9-12-23)31(37)34-29-18-7-8-19-35(32(29)38)22-24-13-10-16-26(20-24)39-25-14-5-4-6-15-25/h4-6,10,13-16,20,23,27-29H,2-3,7-9,11-12,17-19,21-22H2,1H3,(H2,33,36)(H,34,37)/t27?,28?,29-/m0/s1. The highest BCUT2D eigenvalue weighted by Gasteiger charge is 2.38. The molecule has 1 heterocycles. The van der Waals surface area contributed by atoms with Crippen LogP contribution < -0.4 is 15.8 Å². The molecule has 3 atom stereocenters. The van der Waals surface area contributed by atoms with E-state index in [0.717, 1.165) is 49.8 Å². The van der Waals surface area contributed by atoms with Crippen molar-refractivity contribution in [3.63, 3.8) is 0 Å². The molecule has 7 heteroatoms. The molecule has 39 heavy (non-hydrogen) atoms. The molecule has 2 aromatic carbocycles. The minimum atomic E-state index is -0.590. The molecule has 1 saturated heterocycles. The maximum Gasteiger partial charge on any atom is 0.245 e. The van der Waals surface area contributed by atoms with E-state index in [0.29, 0.717) is 44.0 Å². The van der Waals surface area contributed by atoms with Crippen LogP contribution in [-0.2, 0) is 20.9 Å². The van der Waals surface area contributed by atoms with Crippen LogP contribution in [-0.4, -0.2) is 35.2 Å². The number of unbranched alkanes of at least 4 members (excludes halogenated alkanes) is 1. The Morgan fingerprint density at radius 2 is 1.77 bits per heavy atom. The van der Waals surface area contributed by atoms with Crippen LogP contribution >= 0.6 is 0 Å². The summed E-state index contributed by atoms with van der Waals surface area (Å²) in [5, 5.41) is 3.07. The lowest BCUT2D eigenvalue weighted by Crippen LogP contribution is -2.51. The Bertz CT molecular complexity index is 1100. The first-order chi connectivity index (χ1) is 18.9. The summed E-state index contributed by atoms with van der Waals surface area (Å²) in [6.45, 7) is 3.16. The van der Waals surface area contributed by atoms with E-state index in [-0.39, 0.29) is 11.8 Å². The predicted octanol–water partition coefficient (Wildman–Crippen LogP) is 5.57. The Balaban J connectivity index is 1.43. The Kier molecular flexibility index (Phi) is 10.4. The fourth-order valence-corrected chi connectivity index (χ4v) is 5.73. The van der Waals surface area contributed by atoms with E-state index >= 15 is 0 Å². The molecule has 0 radical (unpaired) electrons. The second kappa shape index (κ2) is 14.2. The van der Waals surface area contributed by atoms with Crippen LogP contribution in [0.2, 0.25) is 0 Å². The molecule has 1 saturated carbocycles. The minimum absolute atomic E-state index is 0.0678. The Labute approximate surface area is 232 Å². The number of likely N-dealkylation sites (tertiary alicyclic amines) is 1. The quantitative estimate of drug-likeness (QED) is 0.351. The van der Waals surface area contributed by atoms with E-state index in [1.54, 1.807) is 0 Å². The van der Waals surface area contributed by atoms with Crippen molar-refractivity contribution in [1.82, 2.24) is 10.2 Å². The van der Waals surface area contributed by atoms with Crippen LogP contribution in [0.1, 0.15) is 76.7 Å². The van der Waals surface area contributed by atoms with Crippen molar-refractivity contribution in [2.75, 3.05) is 6.54 Å². The van der Waals surface area contributed by atoms with E-state index < -0.39 is 23.8 Å². The SMILES string of the molecule is CCCCC(C(N)=O)C(CC1CCC1)C(=O)N[C@H]1CCCCN(Cc2cccc(Oc3ccccc3)c2)C1=O. The number of nitrogens with two attached hydrogens (primary N) is 1. The highest BCUT2D eigenvalue weighted by atomic mass is 16.5. The number of para-hydroxylation sites is 1. The molecule has 2 fully saturated rings. The molecule has 2 aliphatic rings. The zero-order valence-corrected chi connectivity index (χ0v) is 23.1. The van der Waals surface area contributed by atoms with Crippen molar-refractivity contribution < 1.29 is 19.1 Å². The average molecular weight is 534 g/mol. The van der Waals surface area contributed by atoms with Crippen molar-refractivity contribution in [3.05, 3.63) is 60.2 Å². The lowest BCUT2D eigenvalue weighted by Gasteiger charge is -2.33. The van der Waals surface area contributed by atoms with Gasteiger partial charge in [0, 0.05) is 24.9 Å². The average Bonchev–Trinajstić information content (AvgIpc) is 3.06.